The lowest BCUT2D eigenvalue weighted by atomic mass is 9.76. The van der Waals surface area contributed by atoms with E-state index in [0.29, 0.717) is 17.7 Å². The molecular weight excluding hydrogens is 606 g/mol. The number of urea groups is 1. The number of amides is 3. The number of imide groups is 1. The van der Waals surface area contributed by atoms with Crippen molar-refractivity contribution in [2.75, 3.05) is 32.5 Å². The Hall–Kier alpha value is -3.21. The Morgan fingerprint density at radius 3 is 2.12 bits per heavy atom. The fraction of sp³-hybridized carbons (Fsp3) is 0.481. The van der Waals surface area contributed by atoms with E-state index in [1.54, 1.807) is 30.3 Å². The van der Waals surface area contributed by atoms with E-state index >= 15 is 0 Å². The van der Waals surface area contributed by atoms with Crippen LogP contribution in [0.5, 0.6) is 0 Å². The lowest BCUT2D eigenvalue weighted by Gasteiger charge is -2.45. The smallest absolute Gasteiger partial charge is 0.372 e. The lowest BCUT2D eigenvalue weighted by Crippen LogP contribution is -2.64. The maximum atomic E-state index is 13.4. The predicted octanol–water partition coefficient (Wildman–Crippen LogP) is 3.92. The van der Waals surface area contributed by atoms with Gasteiger partial charge < -0.3 is 15.4 Å². The second-order valence-corrected chi connectivity index (χ2v) is 12.6. The van der Waals surface area contributed by atoms with Crippen molar-refractivity contribution >= 4 is 22.0 Å². The monoisotopic (exact) mass is 636 g/mol. The Labute approximate surface area is 244 Å². The van der Waals surface area contributed by atoms with Crippen molar-refractivity contribution in [3.8, 4) is 0 Å². The van der Waals surface area contributed by atoms with Gasteiger partial charge in [0.2, 0.25) is 10.0 Å². The van der Waals surface area contributed by atoms with Gasteiger partial charge in [0.05, 0.1) is 35.6 Å². The first-order chi connectivity index (χ1) is 19.9. The molecule has 2 aliphatic rings. The van der Waals surface area contributed by atoms with Crippen LogP contribution in [0.4, 0.5) is 31.1 Å². The predicted molar refractivity (Wildman–Crippen MR) is 142 cm³/mol. The van der Waals surface area contributed by atoms with Crippen LogP contribution in [0.25, 0.3) is 0 Å². The van der Waals surface area contributed by atoms with E-state index in [1.165, 1.54) is 6.92 Å². The number of carbonyl (C=O) groups excluding carboxylic acids is 2. The summed E-state index contributed by atoms with van der Waals surface area (Å²) in [7, 11) is -3.54. The molecule has 1 spiro atoms. The molecule has 2 aromatic rings. The molecule has 0 radical (unpaired) electrons. The molecule has 43 heavy (non-hydrogen) atoms. The molecule has 2 aliphatic heterocycles. The molecule has 0 aromatic heterocycles. The van der Waals surface area contributed by atoms with E-state index in [9.17, 15) is 44.3 Å². The van der Waals surface area contributed by atoms with Gasteiger partial charge >= 0.3 is 18.4 Å². The highest BCUT2D eigenvalue weighted by atomic mass is 32.2. The molecule has 3 amide bonds. The summed E-state index contributed by atoms with van der Waals surface area (Å²) in [5.74, 6) is -0.556. The van der Waals surface area contributed by atoms with Crippen LogP contribution in [0.2, 0.25) is 0 Å². The number of hydrogen-bond donors (Lipinski definition) is 3. The number of nitrogens with zero attached hydrogens (tertiary/aromatic N) is 1. The summed E-state index contributed by atoms with van der Waals surface area (Å²) in [6, 6.07) is 9.39. The molecule has 3 N–H and O–H groups in total. The Kier molecular flexibility index (Phi) is 8.90. The quantitative estimate of drug-likeness (QED) is 0.284. The summed E-state index contributed by atoms with van der Waals surface area (Å²) < 4.78 is 111. The van der Waals surface area contributed by atoms with Crippen LogP contribution >= 0.6 is 0 Å². The maximum absolute atomic E-state index is 13.4. The largest absolute Gasteiger partial charge is 0.416 e. The van der Waals surface area contributed by atoms with E-state index in [2.05, 4.69) is 15.4 Å². The highest BCUT2D eigenvalue weighted by Gasteiger charge is 2.55. The minimum Gasteiger partial charge on any atom is -0.372 e. The first kappa shape index (κ1) is 32.7. The van der Waals surface area contributed by atoms with Crippen molar-refractivity contribution in [2.24, 2.45) is 0 Å². The molecule has 0 saturated carbocycles. The van der Waals surface area contributed by atoms with Gasteiger partial charge in [-0.25, -0.2) is 17.9 Å². The van der Waals surface area contributed by atoms with E-state index in [4.69, 9.17) is 4.74 Å². The molecule has 9 nitrogen and oxygen atoms in total. The zero-order chi connectivity index (χ0) is 31.8. The van der Waals surface area contributed by atoms with E-state index in [-0.39, 0.29) is 50.7 Å². The summed E-state index contributed by atoms with van der Waals surface area (Å²) in [6.45, 7) is 0.730. The number of rotatable bonds is 9. The van der Waals surface area contributed by atoms with Gasteiger partial charge in [0.15, 0.2) is 0 Å². The fourth-order valence-electron chi connectivity index (χ4n) is 5.22. The summed E-state index contributed by atoms with van der Waals surface area (Å²) in [6.07, 6.45) is -9.93. The van der Waals surface area contributed by atoms with Crippen molar-refractivity contribution < 1.29 is 49.1 Å². The van der Waals surface area contributed by atoms with Gasteiger partial charge in [-0.2, -0.15) is 26.3 Å². The fourth-order valence-corrected chi connectivity index (χ4v) is 5.68. The average molecular weight is 637 g/mol. The minimum absolute atomic E-state index is 0.0528. The standard InChI is InChI=1S/C27H30F6N4O5S/c1-17(18-12-20(26(28,29)30)14-21(13-18)27(31,32)33)42-16-25(19-6-4-3-5-7-19)9-8-24(15-34-25)22(38)37(23(39)36-24)11-10-35-43(2,40)41/h3-7,12-14,17,34-35H,8-11,15-16H2,1-2H3,(H,36,39). The van der Waals surface area contributed by atoms with Gasteiger partial charge in [-0.15, -0.1) is 0 Å². The van der Waals surface area contributed by atoms with Crippen molar-refractivity contribution in [3.63, 3.8) is 0 Å². The third-order valence-corrected chi connectivity index (χ3v) is 8.37. The third kappa shape index (κ3) is 7.30. The van der Waals surface area contributed by atoms with Crippen LogP contribution in [-0.4, -0.2) is 63.3 Å². The Morgan fingerprint density at radius 2 is 1.60 bits per heavy atom. The normalized spacial score (nSPS) is 24.0. The van der Waals surface area contributed by atoms with E-state index in [0.717, 1.165) is 11.2 Å². The average Bonchev–Trinajstić information content (AvgIpc) is 3.15. The van der Waals surface area contributed by atoms with Crippen LogP contribution < -0.4 is 15.4 Å². The number of piperidine rings is 1. The van der Waals surface area contributed by atoms with Gasteiger partial charge in [0, 0.05) is 19.6 Å². The number of ether oxygens (including phenoxy) is 1. The molecule has 2 saturated heterocycles. The number of benzene rings is 2. The molecule has 3 atom stereocenters. The lowest BCUT2D eigenvalue weighted by molar-refractivity contribution is -0.143. The zero-order valence-corrected chi connectivity index (χ0v) is 23.9. The van der Waals surface area contributed by atoms with Gasteiger partial charge in [0.1, 0.15) is 5.54 Å². The zero-order valence-electron chi connectivity index (χ0n) is 23.1. The molecule has 2 fully saturated rings. The molecule has 4 rings (SSSR count). The van der Waals surface area contributed by atoms with Gasteiger partial charge in [0.25, 0.3) is 5.91 Å². The highest BCUT2D eigenvalue weighted by molar-refractivity contribution is 7.88. The summed E-state index contributed by atoms with van der Waals surface area (Å²) in [5, 5.41) is 5.93. The molecule has 0 bridgehead atoms. The Bertz CT molecular complexity index is 1430. The molecule has 236 valence electrons. The molecule has 0 aliphatic carbocycles. The molecule has 3 unspecified atom stereocenters. The van der Waals surface area contributed by atoms with Crippen molar-refractivity contribution in [2.45, 2.75) is 49.3 Å². The Balaban J connectivity index is 1.54. The maximum Gasteiger partial charge on any atom is 0.416 e. The molecule has 2 heterocycles. The number of hydrogen-bond acceptors (Lipinski definition) is 6. The van der Waals surface area contributed by atoms with Crippen molar-refractivity contribution in [3.05, 3.63) is 70.8 Å². The summed E-state index contributed by atoms with van der Waals surface area (Å²) >= 11 is 0. The molecule has 2 aromatic carbocycles. The Morgan fingerprint density at radius 1 is 1.00 bits per heavy atom. The third-order valence-electron chi connectivity index (χ3n) is 7.64. The minimum atomic E-state index is -5.01. The first-order valence-corrected chi connectivity index (χ1v) is 15.0. The number of sulfonamides is 1. The second kappa shape index (κ2) is 11.7. The van der Waals surface area contributed by atoms with Gasteiger partial charge in [-0.3, -0.25) is 9.69 Å². The number of carbonyl (C=O) groups is 2. The van der Waals surface area contributed by atoms with E-state index in [1.807, 2.05) is 0 Å². The summed E-state index contributed by atoms with van der Waals surface area (Å²) in [4.78, 5) is 26.8. The van der Waals surface area contributed by atoms with Crippen LogP contribution in [0.1, 0.15) is 48.1 Å². The van der Waals surface area contributed by atoms with Crippen LogP contribution in [0.3, 0.4) is 0 Å². The van der Waals surface area contributed by atoms with Gasteiger partial charge in [-0.1, -0.05) is 30.3 Å². The van der Waals surface area contributed by atoms with Crippen LogP contribution in [0, 0.1) is 0 Å². The van der Waals surface area contributed by atoms with Crippen LogP contribution in [-0.2, 0) is 37.4 Å². The molecule has 16 heteroatoms. The number of halogens is 6. The summed E-state index contributed by atoms with van der Waals surface area (Å²) in [5.41, 5.74) is -4.86. The first-order valence-electron chi connectivity index (χ1n) is 13.2. The highest BCUT2D eigenvalue weighted by Crippen LogP contribution is 2.40. The number of alkyl halides is 6. The van der Waals surface area contributed by atoms with Crippen LogP contribution in [0.15, 0.2) is 48.5 Å². The van der Waals surface area contributed by atoms with Crippen molar-refractivity contribution in [1.82, 2.24) is 20.3 Å². The second-order valence-electron chi connectivity index (χ2n) is 10.7. The van der Waals surface area contributed by atoms with Crippen molar-refractivity contribution in [1.29, 1.82) is 0 Å². The van der Waals surface area contributed by atoms with Gasteiger partial charge in [-0.05, 0) is 49.1 Å². The number of nitrogens with one attached hydrogen (secondary N) is 3. The SMILES string of the molecule is CC(OCC1(c2ccccc2)CCC2(CN1)NC(=O)N(CCNS(C)(=O)=O)C2=O)c1cc(C(F)(F)F)cc(C(F)(F)F)c1. The van der Waals surface area contributed by atoms with E-state index < -0.39 is 62.6 Å². The topological polar surface area (TPSA) is 117 Å². The molecular formula is C27H30F6N4O5S.